The smallest absolute Gasteiger partial charge is 0.330 e. The van der Waals surface area contributed by atoms with Gasteiger partial charge in [0.25, 0.3) is 5.56 Å². The van der Waals surface area contributed by atoms with Crippen molar-refractivity contribution in [3.63, 3.8) is 0 Å². The van der Waals surface area contributed by atoms with Crippen LogP contribution < -0.4 is 20.7 Å². The zero-order valence-electron chi connectivity index (χ0n) is 22.3. The Balaban J connectivity index is 1.58. The van der Waals surface area contributed by atoms with E-state index in [0.717, 1.165) is 43.1 Å². The summed E-state index contributed by atoms with van der Waals surface area (Å²) in [7, 11) is 0.126. The molecule has 2 aromatic heterocycles. The first-order valence-corrected chi connectivity index (χ1v) is 14.3. The van der Waals surface area contributed by atoms with Gasteiger partial charge in [0.1, 0.15) is 0 Å². The fourth-order valence-electron chi connectivity index (χ4n) is 5.09. The topological polar surface area (TPSA) is 116 Å². The van der Waals surface area contributed by atoms with Gasteiger partial charge in [-0.25, -0.2) is 13.2 Å². The zero-order valence-corrected chi connectivity index (χ0v) is 23.1. The Morgan fingerprint density at radius 3 is 2.62 bits per heavy atom. The van der Waals surface area contributed by atoms with Crippen molar-refractivity contribution in [2.45, 2.75) is 30.6 Å². The number of aromatic nitrogens is 3. The van der Waals surface area contributed by atoms with Gasteiger partial charge in [0.2, 0.25) is 10.0 Å². The number of H-pyrrole nitrogens is 1. The molecule has 0 spiro atoms. The molecule has 206 valence electrons. The summed E-state index contributed by atoms with van der Waals surface area (Å²) in [5.41, 5.74) is 2.60. The number of para-hydroxylation sites is 1. The van der Waals surface area contributed by atoms with E-state index in [4.69, 9.17) is 9.47 Å². The number of sulfonamides is 1. The highest BCUT2D eigenvalue weighted by Crippen LogP contribution is 2.31. The van der Waals surface area contributed by atoms with Crippen LogP contribution in [0.25, 0.3) is 10.9 Å². The molecular formula is C28H32N4O6S. The second-order valence-corrected chi connectivity index (χ2v) is 11.7. The Morgan fingerprint density at radius 2 is 1.82 bits per heavy atom. The first-order chi connectivity index (χ1) is 18.7. The molecule has 0 aliphatic carbocycles. The van der Waals surface area contributed by atoms with Gasteiger partial charge < -0.3 is 19.0 Å². The molecule has 3 heterocycles. The van der Waals surface area contributed by atoms with Crippen LogP contribution in [-0.4, -0.2) is 53.6 Å². The Labute approximate surface area is 226 Å². The molecule has 0 fully saturated rings. The highest BCUT2D eigenvalue weighted by Gasteiger charge is 2.29. The number of nitrogens with zero attached hydrogens (tertiary/aromatic N) is 3. The summed E-state index contributed by atoms with van der Waals surface area (Å²) in [5.74, 6) is 1.28. The Kier molecular flexibility index (Phi) is 7.37. The van der Waals surface area contributed by atoms with Gasteiger partial charge in [-0.05, 0) is 48.6 Å². The number of nitrogens with one attached hydrogen (secondary N) is 1. The molecule has 0 unspecified atom stereocenters. The minimum absolute atomic E-state index is 0.178. The molecule has 0 radical (unpaired) electrons. The summed E-state index contributed by atoms with van der Waals surface area (Å²) in [5, 5.41) is 1.03. The Hall–Kier alpha value is -3.83. The fraction of sp³-hybridized carbons (Fsp3) is 0.357. The van der Waals surface area contributed by atoms with E-state index in [9.17, 15) is 18.0 Å². The number of fused-ring (bicyclic) bond motifs is 5. The van der Waals surface area contributed by atoms with E-state index in [-0.39, 0.29) is 13.1 Å². The molecule has 0 atom stereocenters. The lowest BCUT2D eigenvalue weighted by atomic mass is 10.0. The predicted octanol–water partition coefficient (Wildman–Crippen LogP) is 2.57. The predicted molar refractivity (Wildman–Crippen MR) is 148 cm³/mol. The molecule has 5 rings (SSSR count). The highest BCUT2D eigenvalue weighted by molar-refractivity contribution is 7.89. The normalized spacial score (nSPS) is 15.4. The second-order valence-electron chi connectivity index (χ2n) is 9.75. The van der Waals surface area contributed by atoms with Gasteiger partial charge >= 0.3 is 5.69 Å². The minimum Gasteiger partial charge on any atom is -0.493 e. The number of aromatic amines is 1. The largest absolute Gasteiger partial charge is 0.493 e. The average Bonchev–Trinajstić information content (AvgIpc) is 3.27. The van der Waals surface area contributed by atoms with Crippen LogP contribution in [0.3, 0.4) is 0 Å². The molecule has 0 saturated carbocycles. The van der Waals surface area contributed by atoms with Crippen LogP contribution >= 0.6 is 0 Å². The van der Waals surface area contributed by atoms with Crippen molar-refractivity contribution in [3.8, 4) is 11.5 Å². The number of rotatable bonds is 3. The first kappa shape index (κ1) is 26.8. The standard InChI is InChI=1S/C28H32N4O6S/c1-30-18-26(27(33)31(2)28(30)34)39(35,36)32-13-6-7-15-38-25-17-19(10-11-24(25)37-3)16-23-21(12-14-32)20-8-4-5-9-22(20)29-23/h4-5,8-11,17-18,29H,6-7,12-16H2,1-3H3. The van der Waals surface area contributed by atoms with Gasteiger partial charge in [0.15, 0.2) is 16.4 Å². The summed E-state index contributed by atoms with van der Waals surface area (Å²) in [6.45, 7) is 0.761. The SMILES string of the molecule is COc1ccc2cc1OCCCCN(S(=O)(=O)c1cn(C)c(=O)n(C)c1=O)CCc1c([nH]c3ccccc13)C2. The van der Waals surface area contributed by atoms with Crippen LogP contribution in [0.2, 0.25) is 0 Å². The van der Waals surface area contributed by atoms with Crippen molar-refractivity contribution in [3.05, 3.63) is 86.3 Å². The third-order valence-corrected chi connectivity index (χ3v) is 9.10. The maximum Gasteiger partial charge on any atom is 0.330 e. The summed E-state index contributed by atoms with van der Waals surface area (Å²) < 4.78 is 42.5. The molecule has 1 aliphatic rings. The van der Waals surface area contributed by atoms with Crippen molar-refractivity contribution in [1.82, 2.24) is 18.4 Å². The monoisotopic (exact) mass is 552 g/mol. The van der Waals surface area contributed by atoms with Gasteiger partial charge in [0, 0.05) is 56.4 Å². The number of benzene rings is 2. The summed E-state index contributed by atoms with van der Waals surface area (Å²) >= 11 is 0. The Bertz CT molecular complexity index is 1750. The third-order valence-electron chi connectivity index (χ3n) is 7.21. The maximum atomic E-state index is 13.8. The van der Waals surface area contributed by atoms with Gasteiger partial charge in [-0.2, -0.15) is 4.31 Å². The molecule has 11 heteroatoms. The summed E-state index contributed by atoms with van der Waals surface area (Å²) in [4.78, 5) is 28.2. The lowest BCUT2D eigenvalue weighted by molar-refractivity contribution is 0.279. The highest BCUT2D eigenvalue weighted by atomic mass is 32.2. The lowest BCUT2D eigenvalue weighted by Crippen LogP contribution is -2.43. The van der Waals surface area contributed by atoms with Crippen LogP contribution in [0.1, 0.15) is 29.7 Å². The molecule has 0 saturated heterocycles. The van der Waals surface area contributed by atoms with E-state index in [1.54, 1.807) is 7.11 Å². The van der Waals surface area contributed by atoms with Crippen LogP contribution in [-0.2, 0) is 37.0 Å². The minimum atomic E-state index is -4.19. The van der Waals surface area contributed by atoms with Crippen LogP contribution in [0, 0.1) is 0 Å². The van der Waals surface area contributed by atoms with Crippen molar-refractivity contribution in [1.29, 1.82) is 0 Å². The molecule has 39 heavy (non-hydrogen) atoms. The first-order valence-electron chi connectivity index (χ1n) is 12.9. The zero-order chi connectivity index (χ0) is 27.7. The van der Waals surface area contributed by atoms with Crippen molar-refractivity contribution < 1.29 is 17.9 Å². The molecular weight excluding hydrogens is 520 g/mol. The molecule has 0 amide bonds. The third kappa shape index (κ3) is 5.11. The summed E-state index contributed by atoms with van der Waals surface area (Å²) in [6, 6.07) is 13.8. The number of ether oxygens (including phenoxy) is 2. The van der Waals surface area contributed by atoms with Gasteiger partial charge in [0.05, 0.1) is 13.7 Å². The number of methoxy groups -OCH3 is 1. The van der Waals surface area contributed by atoms with Crippen LogP contribution in [0.15, 0.2) is 63.1 Å². The van der Waals surface area contributed by atoms with E-state index in [1.165, 1.54) is 18.4 Å². The summed E-state index contributed by atoms with van der Waals surface area (Å²) in [6.07, 6.45) is 3.28. The van der Waals surface area contributed by atoms with Crippen molar-refractivity contribution >= 4 is 20.9 Å². The number of hydrogen-bond donors (Lipinski definition) is 1. The van der Waals surface area contributed by atoms with Gasteiger partial charge in [-0.1, -0.05) is 24.3 Å². The molecule has 2 aromatic carbocycles. The van der Waals surface area contributed by atoms with E-state index in [2.05, 4.69) is 4.98 Å². The molecule has 1 N–H and O–H groups in total. The van der Waals surface area contributed by atoms with Gasteiger partial charge in [-0.3, -0.25) is 9.36 Å². The second kappa shape index (κ2) is 10.7. The molecule has 4 aromatic rings. The van der Waals surface area contributed by atoms with Crippen LogP contribution in [0.4, 0.5) is 0 Å². The van der Waals surface area contributed by atoms with E-state index >= 15 is 0 Å². The molecule has 10 nitrogen and oxygen atoms in total. The average molecular weight is 553 g/mol. The number of aryl methyl sites for hydroxylation is 1. The van der Waals surface area contributed by atoms with E-state index in [1.807, 2.05) is 42.5 Å². The maximum absolute atomic E-state index is 13.8. The Morgan fingerprint density at radius 1 is 1.03 bits per heavy atom. The molecule has 2 bridgehead atoms. The van der Waals surface area contributed by atoms with E-state index < -0.39 is 26.2 Å². The van der Waals surface area contributed by atoms with Gasteiger partial charge in [-0.15, -0.1) is 0 Å². The fourth-order valence-corrected chi connectivity index (χ4v) is 6.72. The number of hydrogen-bond acceptors (Lipinski definition) is 6. The van der Waals surface area contributed by atoms with Crippen molar-refractivity contribution in [2.75, 3.05) is 26.8 Å². The van der Waals surface area contributed by atoms with E-state index in [0.29, 0.717) is 43.8 Å². The molecule has 1 aliphatic heterocycles. The van der Waals surface area contributed by atoms with Crippen LogP contribution in [0.5, 0.6) is 11.5 Å². The lowest BCUT2D eigenvalue weighted by Gasteiger charge is -2.23. The quantitative estimate of drug-likeness (QED) is 0.418. The van der Waals surface area contributed by atoms with Crippen molar-refractivity contribution in [2.24, 2.45) is 14.1 Å².